The molecule has 0 saturated heterocycles. The first-order valence-electron chi connectivity index (χ1n) is 8.46. The molecule has 0 bridgehead atoms. The summed E-state index contributed by atoms with van der Waals surface area (Å²) in [5.74, 6) is 0.764. The van der Waals surface area contributed by atoms with Gasteiger partial charge >= 0.3 is 0 Å². The van der Waals surface area contributed by atoms with E-state index in [-0.39, 0.29) is 11.6 Å². The van der Waals surface area contributed by atoms with Gasteiger partial charge in [-0.2, -0.15) is 0 Å². The molecule has 1 saturated carbocycles. The first kappa shape index (κ1) is 16.5. The SMILES string of the molecule is CC(C)(C)NCC(OCC1CCCCC1)c1ccccc1. The van der Waals surface area contributed by atoms with Crippen molar-refractivity contribution in [2.75, 3.05) is 13.2 Å². The Kier molecular flexibility index (Phi) is 6.25. The van der Waals surface area contributed by atoms with Crippen LogP contribution in [-0.4, -0.2) is 18.7 Å². The molecule has 1 atom stereocenters. The van der Waals surface area contributed by atoms with Gasteiger partial charge < -0.3 is 10.1 Å². The van der Waals surface area contributed by atoms with Crippen LogP contribution in [0.5, 0.6) is 0 Å². The Morgan fingerprint density at radius 3 is 2.38 bits per heavy atom. The Morgan fingerprint density at radius 1 is 1.10 bits per heavy atom. The molecule has 1 N–H and O–H groups in total. The van der Waals surface area contributed by atoms with Crippen molar-refractivity contribution in [1.29, 1.82) is 0 Å². The van der Waals surface area contributed by atoms with Crippen LogP contribution in [0.4, 0.5) is 0 Å². The zero-order chi connectivity index (χ0) is 15.1. The van der Waals surface area contributed by atoms with E-state index in [1.807, 2.05) is 0 Å². The lowest BCUT2D eigenvalue weighted by Gasteiger charge is -2.28. The molecule has 0 radical (unpaired) electrons. The Balaban J connectivity index is 1.91. The van der Waals surface area contributed by atoms with Crippen LogP contribution in [-0.2, 0) is 4.74 Å². The second-order valence-electron chi connectivity index (χ2n) is 7.37. The second-order valence-corrected chi connectivity index (χ2v) is 7.37. The van der Waals surface area contributed by atoms with E-state index in [1.165, 1.54) is 37.7 Å². The summed E-state index contributed by atoms with van der Waals surface area (Å²) in [5, 5.41) is 3.58. The quantitative estimate of drug-likeness (QED) is 0.818. The molecule has 0 spiro atoms. The number of hydrogen-bond acceptors (Lipinski definition) is 2. The molecule has 0 amide bonds. The monoisotopic (exact) mass is 289 g/mol. The van der Waals surface area contributed by atoms with Gasteiger partial charge in [-0.05, 0) is 45.1 Å². The maximum Gasteiger partial charge on any atom is 0.0949 e. The predicted molar refractivity (Wildman–Crippen MR) is 89.5 cm³/mol. The molecule has 0 aliphatic heterocycles. The van der Waals surface area contributed by atoms with Crippen LogP contribution in [0.3, 0.4) is 0 Å². The zero-order valence-electron chi connectivity index (χ0n) is 13.9. The summed E-state index contributed by atoms with van der Waals surface area (Å²) in [6, 6.07) is 10.6. The molecule has 1 aromatic carbocycles. The van der Waals surface area contributed by atoms with Crippen molar-refractivity contribution < 1.29 is 4.74 Å². The smallest absolute Gasteiger partial charge is 0.0949 e. The Labute approximate surface area is 130 Å². The first-order valence-corrected chi connectivity index (χ1v) is 8.46. The third-order valence-electron chi connectivity index (χ3n) is 4.25. The average molecular weight is 289 g/mol. The van der Waals surface area contributed by atoms with Crippen LogP contribution in [0.2, 0.25) is 0 Å². The number of rotatable bonds is 6. The molecular formula is C19H31NO. The van der Waals surface area contributed by atoms with Crippen molar-refractivity contribution in [1.82, 2.24) is 5.32 Å². The standard InChI is InChI=1S/C19H31NO/c1-19(2,3)20-14-18(17-12-8-5-9-13-17)21-15-16-10-6-4-7-11-16/h5,8-9,12-13,16,18,20H,4,6-7,10-11,14-15H2,1-3H3. The van der Waals surface area contributed by atoms with Crippen LogP contribution in [0.25, 0.3) is 0 Å². The zero-order valence-corrected chi connectivity index (χ0v) is 13.9. The van der Waals surface area contributed by atoms with Gasteiger partial charge in [0.2, 0.25) is 0 Å². The van der Waals surface area contributed by atoms with E-state index < -0.39 is 0 Å². The minimum Gasteiger partial charge on any atom is -0.372 e. The Bertz CT molecular complexity index is 390. The third-order valence-corrected chi connectivity index (χ3v) is 4.25. The summed E-state index contributed by atoms with van der Waals surface area (Å²) in [5.41, 5.74) is 1.41. The molecule has 1 aliphatic carbocycles. The molecular weight excluding hydrogens is 258 g/mol. The highest BCUT2D eigenvalue weighted by atomic mass is 16.5. The molecule has 0 aromatic heterocycles. The van der Waals surface area contributed by atoms with Gasteiger partial charge in [-0.3, -0.25) is 0 Å². The fourth-order valence-corrected chi connectivity index (χ4v) is 2.95. The molecule has 0 heterocycles. The molecule has 1 aliphatic rings. The molecule has 2 nitrogen and oxygen atoms in total. The van der Waals surface area contributed by atoms with Crippen molar-refractivity contribution >= 4 is 0 Å². The van der Waals surface area contributed by atoms with Gasteiger partial charge in [0.25, 0.3) is 0 Å². The van der Waals surface area contributed by atoms with Crippen molar-refractivity contribution in [3.8, 4) is 0 Å². The highest BCUT2D eigenvalue weighted by Crippen LogP contribution is 2.26. The summed E-state index contributed by atoms with van der Waals surface area (Å²) >= 11 is 0. The highest BCUT2D eigenvalue weighted by molar-refractivity contribution is 5.18. The first-order chi connectivity index (χ1) is 10.0. The summed E-state index contributed by atoms with van der Waals surface area (Å²) in [4.78, 5) is 0. The molecule has 21 heavy (non-hydrogen) atoms. The average Bonchev–Trinajstić information content (AvgIpc) is 2.48. The number of hydrogen-bond donors (Lipinski definition) is 1. The van der Waals surface area contributed by atoms with E-state index in [0.717, 1.165) is 19.1 Å². The third kappa shape index (κ3) is 6.19. The number of ether oxygens (including phenoxy) is 1. The van der Waals surface area contributed by atoms with Crippen LogP contribution in [0.15, 0.2) is 30.3 Å². The lowest BCUT2D eigenvalue weighted by atomic mass is 9.90. The van der Waals surface area contributed by atoms with Gasteiger partial charge in [0.15, 0.2) is 0 Å². The van der Waals surface area contributed by atoms with Crippen molar-refractivity contribution in [3.05, 3.63) is 35.9 Å². The van der Waals surface area contributed by atoms with Gasteiger partial charge in [0, 0.05) is 12.1 Å². The minimum atomic E-state index is 0.126. The van der Waals surface area contributed by atoms with Crippen LogP contribution in [0.1, 0.15) is 64.5 Å². The fraction of sp³-hybridized carbons (Fsp3) is 0.684. The Morgan fingerprint density at radius 2 is 1.76 bits per heavy atom. The van der Waals surface area contributed by atoms with Crippen molar-refractivity contribution in [2.45, 2.75) is 64.5 Å². The maximum atomic E-state index is 6.30. The second kappa shape index (κ2) is 7.95. The minimum absolute atomic E-state index is 0.126. The van der Waals surface area contributed by atoms with E-state index in [0.29, 0.717) is 0 Å². The molecule has 1 unspecified atom stereocenters. The number of benzene rings is 1. The lowest BCUT2D eigenvalue weighted by Crippen LogP contribution is -2.39. The molecule has 2 heteroatoms. The fourth-order valence-electron chi connectivity index (χ4n) is 2.95. The van der Waals surface area contributed by atoms with E-state index >= 15 is 0 Å². The largest absolute Gasteiger partial charge is 0.372 e. The van der Waals surface area contributed by atoms with Gasteiger partial charge in [-0.1, -0.05) is 49.6 Å². The van der Waals surface area contributed by atoms with E-state index in [2.05, 4.69) is 56.4 Å². The molecule has 2 rings (SSSR count). The van der Waals surface area contributed by atoms with Crippen LogP contribution < -0.4 is 5.32 Å². The van der Waals surface area contributed by atoms with Crippen LogP contribution in [0, 0.1) is 5.92 Å². The Hall–Kier alpha value is -0.860. The number of nitrogens with one attached hydrogen (secondary N) is 1. The molecule has 1 fully saturated rings. The maximum absolute atomic E-state index is 6.30. The van der Waals surface area contributed by atoms with Crippen molar-refractivity contribution in [3.63, 3.8) is 0 Å². The summed E-state index contributed by atoms with van der Waals surface area (Å²) in [7, 11) is 0. The van der Waals surface area contributed by atoms with E-state index in [1.54, 1.807) is 0 Å². The van der Waals surface area contributed by atoms with Crippen molar-refractivity contribution in [2.24, 2.45) is 5.92 Å². The highest BCUT2D eigenvalue weighted by Gasteiger charge is 2.19. The topological polar surface area (TPSA) is 21.3 Å². The summed E-state index contributed by atoms with van der Waals surface area (Å²) in [6.45, 7) is 8.40. The van der Waals surface area contributed by atoms with E-state index in [4.69, 9.17) is 4.74 Å². The van der Waals surface area contributed by atoms with Gasteiger partial charge in [-0.15, -0.1) is 0 Å². The van der Waals surface area contributed by atoms with Gasteiger partial charge in [0.05, 0.1) is 12.7 Å². The summed E-state index contributed by atoms with van der Waals surface area (Å²) in [6.07, 6.45) is 7.01. The lowest BCUT2D eigenvalue weighted by molar-refractivity contribution is 0.0169. The normalized spacial score (nSPS) is 18.6. The van der Waals surface area contributed by atoms with Gasteiger partial charge in [-0.25, -0.2) is 0 Å². The van der Waals surface area contributed by atoms with Crippen LogP contribution >= 0.6 is 0 Å². The van der Waals surface area contributed by atoms with E-state index in [9.17, 15) is 0 Å². The molecule has 1 aromatic rings. The molecule has 118 valence electrons. The summed E-state index contributed by atoms with van der Waals surface area (Å²) < 4.78 is 6.30. The van der Waals surface area contributed by atoms with Gasteiger partial charge in [0.1, 0.15) is 0 Å². The predicted octanol–water partition coefficient (Wildman–Crippen LogP) is 4.71.